The summed E-state index contributed by atoms with van der Waals surface area (Å²) in [4.78, 5) is 27.9. The van der Waals surface area contributed by atoms with Gasteiger partial charge < -0.3 is 25.4 Å². The van der Waals surface area contributed by atoms with Gasteiger partial charge in [0.15, 0.2) is 0 Å². The Morgan fingerprint density at radius 2 is 2.06 bits per heavy atom. The third kappa shape index (κ3) is 4.72. The Labute approximate surface area is 199 Å². The first-order valence-corrected chi connectivity index (χ1v) is 11.0. The maximum Gasteiger partial charge on any atom is 0.319 e. The predicted octanol–water partition coefficient (Wildman–Crippen LogP) is 4.19. The molecule has 1 saturated heterocycles. The van der Waals surface area contributed by atoms with Gasteiger partial charge in [0, 0.05) is 29.9 Å². The van der Waals surface area contributed by atoms with Crippen molar-refractivity contribution in [3.05, 3.63) is 83.5 Å². The Morgan fingerprint density at radius 3 is 2.77 bits per heavy atom. The van der Waals surface area contributed by atoms with Gasteiger partial charge in [0.2, 0.25) is 5.91 Å². The lowest BCUT2D eigenvalue weighted by Gasteiger charge is -2.18. The zero-order valence-corrected chi connectivity index (χ0v) is 18.7. The number of hydrogen-bond acceptors (Lipinski definition) is 5. The van der Waals surface area contributed by atoms with Gasteiger partial charge in [0.1, 0.15) is 40.8 Å². The van der Waals surface area contributed by atoms with Gasteiger partial charge in [-0.2, -0.15) is 0 Å². The number of pyridine rings is 1. The molecule has 3 N–H and O–H groups in total. The van der Waals surface area contributed by atoms with Gasteiger partial charge in [-0.25, -0.2) is 18.6 Å². The molecule has 35 heavy (non-hydrogen) atoms. The number of fused-ring (bicyclic) bond motifs is 2. The third-order valence-corrected chi connectivity index (χ3v) is 5.97. The molecule has 180 valence electrons. The Kier molecular flexibility index (Phi) is 5.72. The highest BCUT2D eigenvalue weighted by Gasteiger charge is 2.60. The number of urea groups is 1. The molecule has 1 aromatic heterocycles. The van der Waals surface area contributed by atoms with Gasteiger partial charge in [-0.3, -0.25) is 4.79 Å². The number of anilines is 2. The number of halogens is 2. The third-order valence-electron chi connectivity index (χ3n) is 5.97. The molecule has 2 fully saturated rings. The monoisotopic (exact) mass is 480 g/mol. The number of allylic oxidation sites excluding steroid dienone is 4. The van der Waals surface area contributed by atoms with Crippen molar-refractivity contribution in [3.63, 3.8) is 0 Å². The van der Waals surface area contributed by atoms with E-state index in [4.69, 9.17) is 9.47 Å². The van der Waals surface area contributed by atoms with Crippen molar-refractivity contribution in [1.82, 2.24) is 10.3 Å². The number of amides is 3. The molecule has 3 aliphatic rings. The molecule has 1 aliphatic carbocycles. The van der Waals surface area contributed by atoms with E-state index in [0.717, 1.165) is 29.3 Å². The Hall–Kier alpha value is -4.21. The summed E-state index contributed by atoms with van der Waals surface area (Å²) in [7, 11) is 0. The van der Waals surface area contributed by atoms with Crippen LogP contribution in [0.25, 0.3) is 0 Å². The van der Waals surface area contributed by atoms with Crippen molar-refractivity contribution in [3.8, 4) is 5.75 Å². The normalized spacial score (nSPS) is 23.7. The molecular formula is C25H22F2N4O4. The quantitative estimate of drug-likeness (QED) is 0.558. The van der Waals surface area contributed by atoms with Crippen LogP contribution in [0.2, 0.25) is 0 Å². The van der Waals surface area contributed by atoms with E-state index in [1.165, 1.54) is 0 Å². The molecule has 1 saturated carbocycles. The van der Waals surface area contributed by atoms with Crippen LogP contribution in [0.5, 0.6) is 5.75 Å². The summed E-state index contributed by atoms with van der Waals surface area (Å²) in [6.07, 6.45) is 5.77. The molecular weight excluding hydrogens is 458 g/mol. The average molecular weight is 480 g/mol. The van der Waals surface area contributed by atoms with E-state index in [9.17, 15) is 18.4 Å². The SMILES string of the molecule is C=C1/C(=C\C=C(/C)Oc2ccnc3c2CCC(=O)N3)O[C@@H]2[C@@H](NC(=O)Nc3cc(F)cc(F)c3)[C@H]12. The number of aromatic nitrogens is 1. The summed E-state index contributed by atoms with van der Waals surface area (Å²) < 4.78 is 38.4. The first-order chi connectivity index (χ1) is 16.8. The average Bonchev–Trinajstić information content (AvgIpc) is 3.34. The zero-order chi connectivity index (χ0) is 24.7. The number of carbonyl (C=O) groups excluding carboxylic acids is 2. The van der Waals surface area contributed by atoms with Crippen LogP contribution in [-0.2, 0) is 16.0 Å². The fraction of sp³-hybridized carbons (Fsp3) is 0.240. The number of carbonyl (C=O) groups is 2. The van der Waals surface area contributed by atoms with Gasteiger partial charge in [-0.15, -0.1) is 0 Å². The molecule has 0 radical (unpaired) electrons. The predicted molar refractivity (Wildman–Crippen MR) is 123 cm³/mol. The fourth-order valence-corrected chi connectivity index (χ4v) is 4.25. The summed E-state index contributed by atoms with van der Waals surface area (Å²) >= 11 is 0. The fourth-order valence-electron chi connectivity index (χ4n) is 4.25. The number of nitrogens with zero attached hydrogens (tertiary/aromatic N) is 1. The molecule has 5 rings (SSSR count). The van der Waals surface area contributed by atoms with Gasteiger partial charge in [-0.1, -0.05) is 6.58 Å². The van der Waals surface area contributed by atoms with Crippen LogP contribution in [0.4, 0.5) is 25.1 Å². The summed E-state index contributed by atoms with van der Waals surface area (Å²) in [5.74, 6) is 0.640. The molecule has 8 nitrogen and oxygen atoms in total. The Bertz CT molecular complexity index is 1290. The molecule has 0 spiro atoms. The second kappa shape index (κ2) is 8.86. The highest BCUT2D eigenvalue weighted by Crippen LogP contribution is 2.50. The topological polar surface area (TPSA) is 102 Å². The van der Waals surface area contributed by atoms with Crippen molar-refractivity contribution in [2.75, 3.05) is 10.6 Å². The Morgan fingerprint density at radius 1 is 1.29 bits per heavy atom. The lowest BCUT2D eigenvalue weighted by molar-refractivity contribution is -0.116. The minimum atomic E-state index is -0.780. The van der Waals surface area contributed by atoms with E-state index in [0.29, 0.717) is 35.9 Å². The van der Waals surface area contributed by atoms with E-state index in [2.05, 4.69) is 27.5 Å². The van der Waals surface area contributed by atoms with Gasteiger partial charge in [0.05, 0.1) is 12.0 Å². The lowest BCUT2D eigenvalue weighted by Crippen LogP contribution is -2.34. The van der Waals surface area contributed by atoms with Crippen LogP contribution < -0.4 is 20.7 Å². The molecule has 0 unspecified atom stereocenters. The maximum absolute atomic E-state index is 13.3. The summed E-state index contributed by atoms with van der Waals surface area (Å²) in [5, 5.41) is 7.89. The minimum absolute atomic E-state index is 0.0181. The van der Waals surface area contributed by atoms with Crippen LogP contribution in [0.3, 0.4) is 0 Å². The van der Waals surface area contributed by atoms with Crippen molar-refractivity contribution in [2.24, 2.45) is 5.92 Å². The second-order valence-electron chi connectivity index (χ2n) is 8.51. The maximum atomic E-state index is 13.3. The van der Waals surface area contributed by atoms with E-state index >= 15 is 0 Å². The van der Waals surface area contributed by atoms with Crippen molar-refractivity contribution in [1.29, 1.82) is 0 Å². The highest BCUT2D eigenvalue weighted by molar-refractivity contribution is 5.93. The van der Waals surface area contributed by atoms with Crippen LogP contribution in [-0.4, -0.2) is 29.1 Å². The first kappa shape index (κ1) is 22.6. The van der Waals surface area contributed by atoms with Gasteiger partial charge >= 0.3 is 6.03 Å². The molecule has 3 heterocycles. The lowest BCUT2D eigenvalue weighted by atomic mass is 10.1. The van der Waals surface area contributed by atoms with E-state index in [1.807, 2.05) is 0 Å². The van der Waals surface area contributed by atoms with Crippen LogP contribution in [0.15, 0.2) is 66.3 Å². The molecule has 3 amide bonds. The molecule has 10 heteroatoms. The smallest absolute Gasteiger partial charge is 0.319 e. The second-order valence-corrected chi connectivity index (χ2v) is 8.51. The minimum Gasteiger partial charge on any atom is -0.487 e. The van der Waals surface area contributed by atoms with Crippen molar-refractivity contribution < 1.29 is 27.8 Å². The number of benzene rings is 1. The van der Waals surface area contributed by atoms with Gasteiger partial charge in [-0.05, 0) is 49.3 Å². The van der Waals surface area contributed by atoms with Crippen LogP contribution >= 0.6 is 0 Å². The Balaban J connectivity index is 1.17. The number of ether oxygens (including phenoxy) is 2. The summed E-state index contributed by atoms with van der Waals surface area (Å²) in [6, 6.07) is 3.67. The molecule has 3 atom stereocenters. The van der Waals surface area contributed by atoms with Crippen molar-refractivity contribution >= 4 is 23.4 Å². The number of nitrogens with one attached hydrogen (secondary N) is 3. The molecule has 2 aliphatic heterocycles. The number of rotatable bonds is 5. The molecule has 2 aromatic rings. The van der Waals surface area contributed by atoms with E-state index in [1.54, 1.807) is 31.3 Å². The van der Waals surface area contributed by atoms with Crippen LogP contribution in [0, 0.1) is 17.6 Å². The summed E-state index contributed by atoms with van der Waals surface area (Å²) in [5.41, 5.74) is 1.61. The van der Waals surface area contributed by atoms with Crippen molar-refractivity contribution in [2.45, 2.75) is 31.9 Å². The molecule has 1 aromatic carbocycles. The van der Waals surface area contributed by atoms with Crippen LogP contribution in [0.1, 0.15) is 18.9 Å². The van der Waals surface area contributed by atoms with E-state index < -0.39 is 17.7 Å². The zero-order valence-electron chi connectivity index (χ0n) is 18.7. The largest absolute Gasteiger partial charge is 0.487 e. The number of hydrogen-bond donors (Lipinski definition) is 3. The molecule has 0 bridgehead atoms. The van der Waals surface area contributed by atoms with Gasteiger partial charge in [0.25, 0.3) is 0 Å². The first-order valence-electron chi connectivity index (χ1n) is 11.0. The highest BCUT2D eigenvalue weighted by atomic mass is 19.1. The standard InChI is InChI=1S/C25H22F2N4O4/c1-12(34-19-7-8-28-24-17(19)4-6-20(32)30-24)3-5-18-13(2)21-22(23(21)35-18)31-25(33)29-16-10-14(26)9-15(27)11-16/h3,5,7-11,21-23H,2,4,6H2,1H3,(H,28,30,32)(H2,29,31,33)/b12-3+,18-5+/t21-,22-,23-/m0/s1. The van der Waals surface area contributed by atoms with E-state index in [-0.39, 0.29) is 29.7 Å². The summed E-state index contributed by atoms with van der Waals surface area (Å²) in [6.45, 7) is 5.87.